The number of anilines is 1. The molecular formula is C11H11ClFN3. The molecule has 0 saturated heterocycles. The third kappa shape index (κ3) is 2.17. The van der Waals surface area contributed by atoms with Crippen LogP contribution in [0.5, 0.6) is 0 Å². The summed E-state index contributed by atoms with van der Waals surface area (Å²) in [5.74, 6) is -0.352. The molecule has 1 heterocycles. The van der Waals surface area contributed by atoms with E-state index in [2.05, 4.69) is 10.3 Å². The Kier molecular flexibility index (Phi) is 3.10. The maximum Gasteiger partial charge on any atom is 0.147 e. The van der Waals surface area contributed by atoms with Crippen LogP contribution in [0.1, 0.15) is 5.69 Å². The average molecular weight is 240 g/mol. The maximum atomic E-state index is 13.4. The zero-order valence-electron chi connectivity index (χ0n) is 8.74. The van der Waals surface area contributed by atoms with Gasteiger partial charge in [0.1, 0.15) is 5.82 Å². The number of imidazole rings is 1. The highest BCUT2D eigenvalue weighted by molar-refractivity contribution is 6.33. The number of hydrogen-bond acceptors (Lipinski definition) is 2. The summed E-state index contributed by atoms with van der Waals surface area (Å²) in [5, 5.41) is 3.33. The molecule has 5 heteroatoms. The van der Waals surface area contributed by atoms with Crippen molar-refractivity contribution in [3.63, 3.8) is 0 Å². The lowest BCUT2D eigenvalue weighted by Gasteiger charge is -2.09. The van der Waals surface area contributed by atoms with Crippen LogP contribution >= 0.6 is 11.6 Å². The van der Waals surface area contributed by atoms with E-state index in [1.165, 1.54) is 6.07 Å². The predicted molar refractivity (Wildman–Crippen MR) is 61.9 cm³/mol. The van der Waals surface area contributed by atoms with Crippen LogP contribution in [0.15, 0.2) is 30.7 Å². The van der Waals surface area contributed by atoms with Gasteiger partial charge in [0.15, 0.2) is 0 Å². The number of hydrogen-bond donors (Lipinski definition) is 1. The smallest absolute Gasteiger partial charge is 0.147 e. The lowest BCUT2D eigenvalue weighted by atomic mass is 10.3. The molecule has 0 aliphatic carbocycles. The van der Waals surface area contributed by atoms with E-state index >= 15 is 0 Å². The fraction of sp³-hybridized carbons (Fsp3) is 0.182. The molecule has 0 amide bonds. The van der Waals surface area contributed by atoms with E-state index in [1.54, 1.807) is 24.7 Å². The van der Waals surface area contributed by atoms with Crippen molar-refractivity contribution in [3.05, 3.63) is 47.3 Å². The largest absolute Gasteiger partial charge is 0.376 e. The minimum absolute atomic E-state index is 0.324. The molecule has 16 heavy (non-hydrogen) atoms. The molecule has 1 aromatic carbocycles. The summed E-state index contributed by atoms with van der Waals surface area (Å²) in [6.45, 7) is 0.483. The van der Waals surface area contributed by atoms with Crippen molar-refractivity contribution in [1.82, 2.24) is 9.55 Å². The van der Waals surface area contributed by atoms with Gasteiger partial charge in [-0.3, -0.25) is 0 Å². The van der Waals surface area contributed by atoms with Crippen molar-refractivity contribution >= 4 is 17.3 Å². The number of aromatic nitrogens is 2. The van der Waals surface area contributed by atoms with E-state index in [4.69, 9.17) is 11.6 Å². The van der Waals surface area contributed by atoms with Crippen molar-refractivity contribution in [1.29, 1.82) is 0 Å². The van der Waals surface area contributed by atoms with Crippen LogP contribution in [0, 0.1) is 5.82 Å². The first-order chi connectivity index (χ1) is 7.68. The van der Waals surface area contributed by atoms with E-state index in [0.717, 1.165) is 5.69 Å². The Bertz CT molecular complexity index is 475. The van der Waals surface area contributed by atoms with Crippen molar-refractivity contribution in [3.8, 4) is 0 Å². The van der Waals surface area contributed by atoms with Gasteiger partial charge in [-0.1, -0.05) is 17.7 Å². The lowest BCUT2D eigenvalue weighted by Crippen LogP contribution is -2.05. The zero-order chi connectivity index (χ0) is 11.5. The first kappa shape index (κ1) is 11.0. The zero-order valence-corrected chi connectivity index (χ0v) is 9.50. The van der Waals surface area contributed by atoms with E-state index in [0.29, 0.717) is 17.3 Å². The van der Waals surface area contributed by atoms with Crippen LogP contribution in [-0.4, -0.2) is 9.55 Å². The highest BCUT2D eigenvalue weighted by atomic mass is 35.5. The average Bonchev–Trinajstić information content (AvgIpc) is 2.64. The molecule has 0 radical (unpaired) electrons. The Morgan fingerprint density at radius 1 is 1.50 bits per heavy atom. The molecule has 0 aliphatic heterocycles. The quantitative estimate of drug-likeness (QED) is 0.893. The monoisotopic (exact) mass is 239 g/mol. The van der Waals surface area contributed by atoms with Crippen LogP contribution in [0.3, 0.4) is 0 Å². The molecule has 84 valence electrons. The van der Waals surface area contributed by atoms with Gasteiger partial charge in [-0.05, 0) is 12.1 Å². The van der Waals surface area contributed by atoms with Crippen molar-refractivity contribution in [2.24, 2.45) is 7.05 Å². The van der Waals surface area contributed by atoms with Crippen LogP contribution < -0.4 is 5.32 Å². The second-order valence-corrected chi connectivity index (χ2v) is 3.85. The lowest BCUT2D eigenvalue weighted by molar-refractivity contribution is 0.629. The molecule has 0 fully saturated rings. The Morgan fingerprint density at radius 2 is 2.31 bits per heavy atom. The second-order valence-electron chi connectivity index (χ2n) is 3.45. The Balaban J connectivity index is 2.14. The van der Waals surface area contributed by atoms with Gasteiger partial charge in [-0.2, -0.15) is 0 Å². The Morgan fingerprint density at radius 3 is 2.94 bits per heavy atom. The van der Waals surface area contributed by atoms with Crippen molar-refractivity contribution in [2.75, 3.05) is 5.32 Å². The van der Waals surface area contributed by atoms with Gasteiger partial charge in [0.25, 0.3) is 0 Å². The second kappa shape index (κ2) is 4.53. The molecule has 2 aromatic rings. The number of para-hydroxylation sites is 1. The Labute approximate surface area is 97.9 Å². The molecule has 1 aromatic heterocycles. The summed E-state index contributed by atoms with van der Waals surface area (Å²) in [6.07, 6.45) is 3.42. The van der Waals surface area contributed by atoms with Gasteiger partial charge >= 0.3 is 0 Å². The standard InChI is InChI=1S/C11H11ClFN3/c1-16-7-14-5-8(16)6-15-11-9(12)3-2-4-10(11)13/h2-5,7,15H,6H2,1H3. The Hall–Kier alpha value is -1.55. The molecule has 0 atom stereocenters. The van der Waals surface area contributed by atoms with Crippen LogP contribution in [-0.2, 0) is 13.6 Å². The molecule has 0 unspecified atom stereocenters. The summed E-state index contributed by atoms with van der Waals surface area (Å²) in [7, 11) is 1.88. The highest BCUT2D eigenvalue weighted by Crippen LogP contribution is 2.24. The molecule has 0 bridgehead atoms. The molecule has 0 spiro atoms. The first-order valence-electron chi connectivity index (χ1n) is 4.81. The molecular weight excluding hydrogens is 229 g/mol. The van der Waals surface area contributed by atoms with Gasteiger partial charge < -0.3 is 9.88 Å². The topological polar surface area (TPSA) is 29.9 Å². The summed E-state index contributed by atoms with van der Waals surface area (Å²) in [5.41, 5.74) is 1.28. The SMILES string of the molecule is Cn1cncc1CNc1c(F)cccc1Cl. The molecule has 2 rings (SSSR count). The minimum atomic E-state index is -0.352. The van der Waals surface area contributed by atoms with Gasteiger partial charge in [0.05, 0.1) is 29.3 Å². The van der Waals surface area contributed by atoms with Gasteiger partial charge in [0, 0.05) is 13.2 Å². The minimum Gasteiger partial charge on any atom is -0.376 e. The van der Waals surface area contributed by atoms with E-state index < -0.39 is 0 Å². The molecule has 0 aliphatic rings. The van der Waals surface area contributed by atoms with E-state index in [-0.39, 0.29) is 5.82 Å². The van der Waals surface area contributed by atoms with E-state index in [9.17, 15) is 4.39 Å². The number of benzene rings is 1. The third-order valence-corrected chi connectivity index (χ3v) is 2.64. The number of nitrogens with one attached hydrogen (secondary N) is 1. The highest BCUT2D eigenvalue weighted by Gasteiger charge is 2.06. The van der Waals surface area contributed by atoms with E-state index in [1.807, 2.05) is 11.6 Å². The maximum absolute atomic E-state index is 13.4. The van der Waals surface area contributed by atoms with Crippen LogP contribution in [0.2, 0.25) is 5.02 Å². The van der Waals surface area contributed by atoms with Crippen molar-refractivity contribution < 1.29 is 4.39 Å². The summed E-state index contributed by atoms with van der Waals surface area (Å²) >= 11 is 5.88. The normalized spacial score (nSPS) is 10.4. The fourth-order valence-corrected chi connectivity index (χ4v) is 1.63. The number of halogens is 2. The first-order valence-corrected chi connectivity index (χ1v) is 5.19. The summed E-state index contributed by atoms with van der Waals surface area (Å²) in [6, 6.07) is 4.60. The van der Waals surface area contributed by atoms with Crippen LogP contribution in [0.4, 0.5) is 10.1 Å². The number of nitrogens with zero attached hydrogens (tertiary/aromatic N) is 2. The van der Waals surface area contributed by atoms with Gasteiger partial charge in [-0.25, -0.2) is 9.37 Å². The molecule has 1 N–H and O–H groups in total. The third-order valence-electron chi connectivity index (χ3n) is 2.33. The predicted octanol–water partition coefficient (Wildman–Crippen LogP) is 2.82. The number of rotatable bonds is 3. The van der Waals surface area contributed by atoms with Crippen molar-refractivity contribution in [2.45, 2.75) is 6.54 Å². The molecule has 3 nitrogen and oxygen atoms in total. The summed E-state index contributed by atoms with van der Waals surface area (Å²) in [4.78, 5) is 3.98. The van der Waals surface area contributed by atoms with Gasteiger partial charge in [0.2, 0.25) is 0 Å². The van der Waals surface area contributed by atoms with Gasteiger partial charge in [-0.15, -0.1) is 0 Å². The van der Waals surface area contributed by atoms with Crippen LogP contribution in [0.25, 0.3) is 0 Å². The number of aryl methyl sites for hydroxylation is 1. The molecule has 0 saturated carbocycles. The fourth-order valence-electron chi connectivity index (χ4n) is 1.40. The summed E-state index contributed by atoms with van der Waals surface area (Å²) < 4.78 is 15.3.